The molecule has 0 saturated heterocycles. The second-order valence-corrected chi connectivity index (χ2v) is 7.71. The predicted molar refractivity (Wildman–Crippen MR) is 99.3 cm³/mol. The average Bonchev–Trinajstić information content (AvgIpc) is 2.60. The number of rotatable bonds is 10. The van der Waals surface area contributed by atoms with Crippen LogP contribution >= 0.6 is 0 Å². The van der Waals surface area contributed by atoms with Gasteiger partial charge in [0.25, 0.3) is 10.1 Å². The molecule has 27 heavy (non-hydrogen) atoms. The molecule has 0 bridgehead atoms. The summed E-state index contributed by atoms with van der Waals surface area (Å²) in [6.45, 7) is 2.21. The van der Waals surface area contributed by atoms with Crippen LogP contribution in [-0.4, -0.2) is 13.0 Å². The Hall–Kier alpha value is -0.414. The van der Waals surface area contributed by atoms with Crippen LogP contribution in [-0.2, 0) is 16.5 Å². The molecule has 0 fully saturated rings. The largest absolute Gasteiger partial charge is 1.00 e. The number of unbranched alkanes of at least 4 members (excludes halogenated alkanes) is 5. The summed E-state index contributed by atoms with van der Waals surface area (Å²) in [7, 11) is -4.57. The first kappa shape index (κ1) is 24.6. The molecule has 0 heterocycles. The second kappa shape index (κ2) is 12.2. The molecule has 0 radical (unpaired) electrons. The Morgan fingerprint density at radius 1 is 0.963 bits per heavy atom. The Balaban J connectivity index is 0.00000364. The van der Waals surface area contributed by atoms with E-state index in [1.165, 1.54) is 49.8 Å². The van der Waals surface area contributed by atoms with Crippen LogP contribution in [0.2, 0.25) is 0 Å². The predicted octanol–water partition coefficient (Wildman–Crippen LogP) is 1.71. The molecule has 0 amide bonds. The van der Waals surface area contributed by atoms with Gasteiger partial charge in [0.2, 0.25) is 0 Å². The van der Waals surface area contributed by atoms with Crippen molar-refractivity contribution in [2.75, 3.05) is 0 Å². The van der Waals surface area contributed by atoms with E-state index in [9.17, 15) is 13.5 Å². The summed E-state index contributed by atoms with van der Waals surface area (Å²) in [5.41, 5.74) is 1.20. The zero-order valence-electron chi connectivity index (χ0n) is 16.0. The van der Waals surface area contributed by atoms with Crippen molar-refractivity contribution in [1.29, 1.82) is 0 Å². The van der Waals surface area contributed by atoms with Crippen LogP contribution in [0.3, 0.4) is 0 Å². The third kappa shape index (κ3) is 8.23. The first-order chi connectivity index (χ1) is 12.4. The fraction of sp³-hybridized carbons (Fsp3) is 0.400. The Bertz CT molecular complexity index is 804. The summed E-state index contributed by atoms with van der Waals surface area (Å²) >= 11 is 0. The van der Waals surface area contributed by atoms with E-state index in [4.69, 9.17) is 9.29 Å². The van der Waals surface area contributed by atoms with Crippen LogP contribution in [0.25, 0.3) is 0 Å². The minimum atomic E-state index is -4.57. The summed E-state index contributed by atoms with van der Waals surface area (Å²) in [5, 5.41) is 12.1. The van der Waals surface area contributed by atoms with Crippen LogP contribution in [0, 0.1) is 0 Å². The second-order valence-electron chi connectivity index (χ2n) is 6.32. The van der Waals surface area contributed by atoms with Crippen LogP contribution in [0.15, 0.2) is 47.4 Å². The first-order valence-corrected chi connectivity index (χ1v) is 10.4. The third-order valence-corrected chi connectivity index (χ3v) is 5.07. The summed E-state index contributed by atoms with van der Waals surface area (Å²) in [6, 6.07) is 11.2. The van der Waals surface area contributed by atoms with Gasteiger partial charge < -0.3 is 9.84 Å². The van der Waals surface area contributed by atoms with E-state index in [0.29, 0.717) is 5.75 Å². The van der Waals surface area contributed by atoms with E-state index in [1.54, 1.807) is 12.1 Å². The first-order valence-electron chi connectivity index (χ1n) is 8.96. The number of ether oxygens (including phenoxy) is 1. The zero-order chi connectivity index (χ0) is 19.0. The minimum absolute atomic E-state index is 0. The van der Waals surface area contributed by atoms with Gasteiger partial charge in [0.1, 0.15) is 11.5 Å². The van der Waals surface area contributed by atoms with Crippen molar-refractivity contribution >= 4 is 10.1 Å². The zero-order valence-corrected chi connectivity index (χ0v) is 19.9. The van der Waals surface area contributed by atoms with Crippen LogP contribution in [0.4, 0.5) is 0 Å². The van der Waals surface area contributed by atoms with Crippen molar-refractivity contribution in [2.24, 2.45) is 0 Å². The molecule has 0 atom stereocenters. The summed E-state index contributed by atoms with van der Waals surface area (Å²) in [4.78, 5) is -0.685. The molecule has 2 rings (SSSR count). The maximum Gasteiger partial charge on any atom is 1.00 e. The fourth-order valence-corrected chi connectivity index (χ4v) is 3.33. The molecule has 0 aliphatic carbocycles. The van der Waals surface area contributed by atoms with Crippen LogP contribution in [0.5, 0.6) is 17.2 Å². The Morgan fingerprint density at radius 3 is 2.22 bits per heavy atom. The van der Waals surface area contributed by atoms with Crippen molar-refractivity contribution in [3.05, 3.63) is 48.0 Å². The Labute approximate surface area is 204 Å². The Kier molecular flexibility index (Phi) is 11.1. The van der Waals surface area contributed by atoms with Gasteiger partial charge >= 0.3 is 51.4 Å². The van der Waals surface area contributed by atoms with Crippen molar-refractivity contribution in [1.82, 2.24) is 0 Å². The molecular formula is C20H25KO5S. The number of benzene rings is 2. The van der Waals surface area contributed by atoms with E-state index in [-0.39, 0.29) is 57.1 Å². The van der Waals surface area contributed by atoms with Crippen molar-refractivity contribution in [3.8, 4) is 17.2 Å². The number of hydrogen-bond donors (Lipinski definition) is 1. The maximum atomic E-state index is 12.1. The summed E-state index contributed by atoms with van der Waals surface area (Å²) in [5.74, 6) is -0.545. The van der Waals surface area contributed by atoms with Gasteiger partial charge in [-0.3, -0.25) is 4.55 Å². The minimum Gasteiger partial charge on any atom is -0.869 e. The fourth-order valence-electron chi connectivity index (χ4n) is 2.74. The number of aryl methyl sites for hydroxylation is 1. The quantitative estimate of drug-likeness (QED) is 0.362. The SMILES string of the molecule is CCCCCCCCc1ccc(Oc2cccc(S(=O)(=O)O)c2[O-])cc1.[K+]. The van der Waals surface area contributed by atoms with Crippen LogP contribution < -0.4 is 61.2 Å². The van der Waals surface area contributed by atoms with Gasteiger partial charge in [-0.15, -0.1) is 0 Å². The topological polar surface area (TPSA) is 86.7 Å². The van der Waals surface area contributed by atoms with Crippen LogP contribution in [0.1, 0.15) is 51.0 Å². The van der Waals surface area contributed by atoms with Gasteiger partial charge in [-0.25, -0.2) is 0 Å². The molecule has 0 aliphatic rings. The van der Waals surface area contributed by atoms with Gasteiger partial charge in [-0.1, -0.05) is 57.2 Å². The molecule has 2 aromatic carbocycles. The Morgan fingerprint density at radius 2 is 1.59 bits per heavy atom. The molecule has 0 aromatic heterocycles. The molecule has 2 aromatic rings. The molecule has 142 valence electrons. The smallest absolute Gasteiger partial charge is 0.869 e. The average molecular weight is 417 g/mol. The number of para-hydroxylation sites is 1. The molecule has 7 heteroatoms. The van der Waals surface area contributed by atoms with Crippen molar-refractivity contribution in [3.63, 3.8) is 0 Å². The molecule has 0 spiro atoms. The van der Waals surface area contributed by atoms with Gasteiger partial charge in [0.05, 0.1) is 4.90 Å². The normalized spacial score (nSPS) is 11.0. The molecule has 0 saturated carbocycles. The van der Waals surface area contributed by atoms with E-state index in [2.05, 4.69) is 6.92 Å². The molecule has 0 aliphatic heterocycles. The summed E-state index contributed by atoms with van der Waals surface area (Å²) in [6.07, 6.45) is 8.48. The molecular weight excluding hydrogens is 391 g/mol. The van der Waals surface area contributed by atoms with Gasteiger partial charge in [0, 0.05) is 0 Å². The maximum absolute atomic E-state index is 12.1. The third-order valence-electron chi connectivity index (χ3n) is 4.19. The standard InChI is InChI=1S/C20H26O5S.K/c1-2-3-4-5-6-7-9-16-12-14-17(15-13-16)25-18-10-8-11-19(20(18)21)26(22,23)24;/h8,10-15,21H,2-7,9H2,1H3,(H,22,23,24);/q;+1/p-1. The molecule has 0 unspecified atom stereocenters. The van der Waals surface area contributed by atoms with Gasteiger partial charge in [-0.05, 0) is 48.4 Å². The monoisotopic (exact) mass is 416 g/mol. The van der Waals surface area contributed by atoms with E-state index < -0.39 is 20.8 Å². The molecule has 5 nitrogen and oxygen atoms in total. The molecule has 1 N–H and O–H groups in total. The summed E-state index contributed by atoms with van der Waals surface area (Å²) < 4.78 is 36.9. The van der Waals surface area contributed by atoms with E-state index in [1.807, 2.05) is 12.1 Å². The van der Waals surface area contributed by atoms with Crippen molar-refractivity contribution < 1.29 is 74.2 Å². The van der Waals surface area contributed by atoms with Crippen molar-refractivity contribution in [2.45, 2.75) is 56.8 Å². The van der Waals surface area contributed by atoms with Gasteiger partial charge in [-0.2, -0.15) is 8.42 Å². The van der Waals surface area contributed by atoms with Gasteiger partial charge in [0.15, 0.2) is 0 Å². The van der Waals surface area contributed by atoms with E-state index >= 15 is 0 Å². The number of hydrogen-bond acceptors (Lipinski definition) is 4. The van der Waals surface area contributed by atoms with E-state index in [0.717, 1.165) is 18.9 Å².